The molecule has 2 atom stereocenters. The molecule has 1 aliphatic rings. The van der Waals surface area contributed by atoms with Crippen molar-refractivity contribution in [3.05, 3.63) is 0 Å². The molecule has 0 aromatic rings. The fourth-order valence-corrected chi connectivity index (χ4v) is 2.31. The molecule has 1 fully saturated rings. The summed E-state index contributed by atoms with van der Waals surface area (Å²) in [5.41, 5.74) is 3.69. The Kier molecular flexibility index (Phi) is 3.74. The lowest BCUT2D eigenvalue weighted by atomic mass is 9.71. The summed E-state index contributed by atoms with van der Waals surface area (Å²) in [5.74, 6) is 0.732. The minimum atomic E-state index is 0.532. The molecule has 0 saturated heterocycles. The molecule has 2 unspecified atom stereocenters. The second-order valence-electron chi connectivity index (χ2n) is 5.04. The normalized spacial score (nSPS) is 33.2. The highest BCUT2D eigenvalue weighted by atomic mass is 16.6. The molecular formula is C11H23NO. The lowest BCUT2D eigenvalue weighted by molar-refractivity contribution is -0.0137. The fourth-order valence-electron chi connectivity index (χ4n) is 2.31. The molecule has 0 aromatic carbocycles. The van der Waals surface area contributed by atoms with Crippen molar-refractivity contribution in [1.82, 2.24) is 5.48 Å². The Morgan fingerprint density at radius 2 is 2.15 bits per heavy atom. The third kappa shape index (κ3) is 3.28. The predicted molar refractivity (Wildman–Crippen MR) is 55.3 cm³/mol. The van der Waals surface area contributed by atoms with Crippen LogP contribution in [0.5, 0.6) is 0 Å². The molecule has 13 heavy (non-hydrogen) atoms. The van der Waals surface area contributed by atoms with E-state index in [1.165, 1.54) is 19.3 Å². The van der Waals surface area contributed by atoms with Gasteiger partial charge in [0.1, 0.15) is 0 Å². The predicted octanol–water partition coefficient (Wildman–Crippen LogP) is 2.74. The minimum Gasteiger partial charge on any atom is -0.302 e. The van der Waals surface area contributed by atoms with Crippen molar-refractivity contribution in [1.29, 1.82) is 0 Å². The summed E-state index contributed by atoms with van der Waals surface area (Å²) >= 11 is 0. The highest BCUT2D eigenvalue weighted by molar-refractivity contribution is 4.85. The van der Waals surface area contributed by atoms with Crippen LogP contribution in [-0.4, -0.2) is 12.6 Å². The molecule has 0 bridgehead atoms. The molecular weight excluding hydrogens is 162 g/mol. The lowest BCUT2D eigenvalue weighted by Gasteiger charge is -2.39. The van der Waals surface area contributed by atoms with E-state index in [0.29, 0.717) is 11.5 Å². The molecule has 0 heterocycles. The summed E-state index contributed by atoms with van der Waals surface area (Å²) in [4.78, 5) is 5.26. The van der Waals surface area contributed by atoms with Crippen LogP contribution in [0.4, 0.5) is 0 Å². The standard InChI is InChI=1S/C11H23NO/c1-5-13-12-10-6-7-11(3,4)8-9(10)2/h9-10,12H,5-8H2,1-4H3. The van der Waals surface area contributed by atoms with Gasteiger partial charge in [-0.05, 0) is 37.5 Å². The van der Waals surface area contributed by atoms with E-state index in [2.05, 4.69) is 26.3 Å². The molecule has 2 nitrogen and oxygen atoms in total. The Hall–Kier alpha value is -0.0800. The monoisotopic (exact) mass is 185 g/mol. The van der Waals surface area contributed by atoms with Crippen molar-refractivity contribution < 1.29 is 4.84 Å². The van der Waals surface area contributed by atoms with Gasteiger partial charge in [0.15, 0.2) is 0 Å². The first kappa shape index (κ1) is 11.0. The summed E-state index contributed by atoms with van der Waals surface area (Å²) < 4.78 is 0. The number of nitrogens with one attached hydrogen (secondary N) is 1. The van der Waals surface area contributed by atoms with Crippen molar-refractivity contribution in [2.75, 3.05) is 6.61 Å². The first-order valence-electron chi connectivity index (χ1n) is 5.42. The van der Waals surface area contributed by atoms with E-state index in [1.54, 1.807) is 0 Å². The molecule has 0 aliphatic heterocycles. The van der Waals surface area contributed by atoms with Crippen molar-refractivity contribution >= 4 is 0 Å². The van der Waals surface area contributed by atoms with E-state index in [0.717, 1.165) is 12.5 Å². The minimum absolute atomic E-state index is 0.532. The molecule has 1 N–H and O–H groups in total. The molecule has 1 rings (SSSR count). The van der Waals surface area contributed by atoms with Gasteiger partial charge >= 0.3 is 0 Å². The van der Waals surface area contributed by atoms with Crippen molar-refractivity contribution in [3.63, 3.8) is 0 Å². The largest absolute Gasteiger partial charge is 0.302 e. The lowest BCUT2D eigenvalue weighted by Crippen LogP contribution is -2.41. The quantitative estimate of drug-likeness (QED) is 0.683. The summed E-state index contributed by atoms with van der Waals surface area (Å²) in [6, 6.07) is 0.563. The molecule has 2 heteroatoms. The summed E-state index contributed by atoms with van der Waals surface area (Å²) in [6.45, 7) is 9.81. The van der Waals surface area contributed by atoms with Crippen LogP contribution < -0.4 is 5.48 Å². The van der Waals surface area contributed by atoms with Gasteiger partial charge in [0, 0.05) is 6.04 Å². The third-order valence-corrected chi connectivity index (χ3v) is 3.07. The first-order valence-corrected chi connectivity index (χ1v) is 5.42. The molecule has 0 aromatic heterocycles. The van der Waals surface area contributed by atoms with Gasteiger partial charge in [0.05, 0.1) is 6.61 Å². The Labute approximate surface area is 82.0 Å². The summed E-state index contributed by atoms with van der Waals surface area (Å²) in [5, 5.41) is 0. The van der Waals surface area contributed by atoms with Gasteiger partial charge in [0.25, 0.3) is 0 Å². The molecule has 1 aliphatic carbocycles. The van der Waals surface area contributed by atoms with Gasteiger partial charge in [0.2, 0.25) is 0 Å². The Bertz CT molecular complexity index is 156. The average Bonchev–Trinajstić information content (AvgIpc) is 2.02. The van der Waals surface area contributed by atoms with Gasteiger partial charge in [-0.1, -0.05) is 20.8 Å². The van der Waals surface area contributed by atoms with Crippen molar-refractivity contribution in [2.45, 2.75) is 53.0 Å². The zero-order valence-corrected chi connectivity index (χ0v) is 9.39. The van der Waals surface area contributed by atoms with Gasteiger partial charge in [-0.25, -0.2) is 0 Å². The van der Waals surface area contributed by atoms with Crippen LogP contribution in [-0.2, 0) is 4.84 Å². The van der Waals surface area contributed by atoms with E-state index in [-0.39, 0.29) is 0 Å². The van der Waals surface area contributed by atoms with Crippen molar-refractivity contribution in [3.8, 4) is 0 Å². The van der Waals surface area contributed by atoms with E-state index in [9.17, 15) is 0 Å². The second kappa shape index (κ2) is 4.43. The molecule has 0 spiro atoms. The Morgan fingerprint density at radius 1 is 1.46 bits per heavy atom. The van der Waals surface area contributed by atoms with Gasteiger partial charge in [-0.3, -0.25) is 0 Å². The highest BCUT2D eigenvalue weighted by Gasteiger charge is 2.32. The van der Waals surface area contributed by atoms with Crippen LogP contribution in [0.3, 0.4) is 0 Å². The van der Waals surface area contributed by atoms with Crippen LogP contribution in [0.1, 0.15) is 47.0 Å². The van der Waals surface area contributed by atoms with Crippen LogP contribution in [0.25, 0.3) is 0 Å². The van der Waals surface area contributed by atoms with Crippen LogP contribution in [0, 0.1) is 11.3 Å². The zero-order chi connectivity index (χ0) is 9.90. The topological polar surface area (TPSA) is 21.3 Å². The number of hydroxylamine groups is 1. The first-order chi connectivity index (χ1) is 6.05. The average molecular weight is 185 g/mol. The molecule has 0 radical (unpaired) electrons. The van der Waals surface area contributed by atoms with Crippen LogP contribution >= 0.6 is 0 Å². The zero-order valence-electron chi connectivity index (χ0n) is 9.39. The summed E-state index contributed by atoms with van der Waals surface area (Å²) in [6.07, 6.45) is 3.86. The van der Waals surface area contributed by atoms with E-state index < -0.39 is 0 Å². The maximum atomic E-state index is 5.26. The maximum Gasteiger partial charge on any atom is 0.0654 e. The van der Waals surface area contributed by atoms with Gasteiger partial charge < -0.3 is 4.84 Å². The molecule has 1 saturated carbocycles. The van der Waals surface area contributed by atoms with Gasteiger partial charge in [-0.15, -0.1) is 0 Å². The molecule has 0 amide bonds. The number of hydrogen-bond acceptors (Lipinski definition) is 2. The van der Waals surface area contributed by atoms with E-state index in [4.69, 9.17) is 4.84 Å². The fraction of sp³-hybridized carbons (Fsp3) is 1.00. The summed E-state index contributed by atoms with van der Waals surface area (Å²) in [7, 11) is 0. The highest BCUT2D eigenvalue weighted by Crippen LogP contribution is 2.38. The third-order valence-electron chi connectivity index (χ3n) is 3.07. The smallest absolute Gasteiger partial charge is 0.0654 e. The van der Waals surface area contributed by atoms with Crippen molar-refractivity contribution in [2.24, 2.45) is 11.3 Å². The van der Waals surface area contributed by atoms with Gasteiger partial charge in [-0.2, -0.15) is 5.48 Å². The Morgan fingerprint density at radius 3 is 2.69 bits per heavy atom. The van der Waals surface area contributed by atoms with Crippen LogP contribution in [0.15, 0.2) is 0 Å². The number of hydrogen-bond donors (Lipinski definition) is 1. The maximum absolute atomic E-state index is 5.26. The Balaban J connectivity index is 2.35. The van der Waals surface area contributed by atoms with E-state index in [1.807, 2.05) is 6.92 Å². The molecule has 78 valence electrons. The van der Waals surface area contributed by atoms with Crippen LogP contribution in [0.2, 0.25) is 0 Å². The second-order valence-corrected chi connectivity index (χ2v) is 5.04. The number of rotatable bonds is 3. The van der Waals surface area contributed by atoms with E-state index >= 15 is 0 Å². The SMILES string of the molecule is CCONC1CCC(C)(C)CC1C.